The van der Waals surface area contributed by atoms with Crippen molar-refractivity contribution in [1.29, 1.82) is 0 Å². The van der Waals surface area contributed by atoms with Gasteiger partial charge in [0.2, 0.25) is 0 Å². The molecule has 16 heavy (non-hydrogen) atoms. The van der Waals surface area contributed by atoms with Crippen molar-refractivity contribution in [2.24, 2.45) is 5.73 Å². The van der Waals surface area contributed by atoms with E-state index in [4.69, 9.17) is 5.73 Å². The van der Waals surface area contributed by atoms with Crippen LogP contribution in [0.15, 0.2) is 30.6 Å². The number of benzene rings is 1. The summed E-state index contributed by atoms with van der Waals surface area (Å²) in [7, 11) is 0. The Morgan fingerprint density at radius 1 is 1.19 bits per heavy atom. The monoisotopic (exact) mass is 215 g/mol. The van der Waals surface area contributed by atoms with Crippen molar-refractivity contribution in [2.45, 2.75) is 26.9 Å². The molecule has 0 spiro atoms. The molecule has 3 heteroatoms. The van der Waals surface area contributed by atoms with Crippen LogP contribution in [-0.4, -0.2) is 9.78 Å². The van der Waals surface area contributed by atoms with Crippen LogP contribution in [0.5, 0.6) is 0 Å². The third-order valence-electron chi connectivity index (χ3n) is 2.84. The highest BCUT2D eigenvalue weighted by atomic mass is 15.3. The molecule has 0 aliphatic carbocycles. The fourth-order valence-corrected chi connectivity index (χ4v) is 1.69. The first-order chi connectivity index (χ1) is 7.69. The van der Waals surface area contributed by atoms with Crippen molar-refractivity contribution < 1.29 is 0 Å². The molecule has 0 unspecified atom stereocenters. The lowest BCUT2D eigenvalue weighted by Gasteiger charge is -2.05. The third kappa shape index (κ3) is 2.31. The van der Waals surface area contributed by atoms with E-state index in [9.17, 15) is 0 Å². The topological polar surface area (TPSA) is 43.8 Å². The van der Waals surface area contributed by atoms with Crippen molar-refractivity contribution in [3.63, 3.8) is 0 Å². The molecule has 0 bridgehead atoms. The van der Waals surface area contributed by atoms with E-state index in [2.05, 4.69) is 37.1 Å². The zero-order chi connectivity index (χ0) is 11.5. The molecule has 0 atom stereocenters. The SMILES string of the molecule is Cc1ccc(Cn2cc(CN)cn2)cc1C. The summed E-state index contributed by atoms with van der Waals surface area (Å²) in [6, 6.07) is 6.50. The smallest absolute Gasteiger partial charge is 0.0659 e. The molecular weight excluding hydrogens is 198 g/mol. The normalized spacial score (nSPS) is 10.7. The molecule has 0 amide bonds. The number of rotatable bonds is 3. The predicted octanol–water partition coefficient (Wildman–Crippen LogP) is 2.01. The van der Waals surface area contributed by atoms with E-state index < -0.39 is 0 Å². The van der Waals surface area contributed by atoms with Crippen LogP contribution in [0.1, 0.15) is 22.3 Å². The van der Waals surface area contributed by atoms with Crippen LogP contribution in [0.25, 0.3) is 0 Å². The molecule has 1 heterocycles. The lowest BCUT2D eigenvalue weighted by Crippen LogP contribution is -2.01. The Balaban J connectivity index is 2.17. The second-order valence-electron chi connectivity index (χ2n) is 4.17. The molecule has 0 fully saturated rings. The molecular formula is C13H17N3. The molecule has 2 aromatic rings. The Morgan fingerprint density at radius 3 is 2.62 bits per heavy atom. The van der Waals surface area contributed by atoms with Gasteiger partial charge in [0.15, 0.2) is 0 Å². The molecule has 0 radical (unpaired) electrons. The molecule has 0 aliphatic rings. The van der Waals surface area contributed by atoms with Crippen molar-refractivity contribution in [2.75, 3.05) is 0 Å². The number of hydrogen-bond donors (Lipinski definition) is 1. The highest BCUT2D eigenvalue weighted by molar-refractivity contribution is 5.30. The number of hydrogen-bond acceptors (Lipinski definition) is 2. The number of aromatic nitrogens is 2. The van der Waals surface area contributed by atoms with E-state index in [1.807, 2.05) is 17.1 Å². The van der Waals surface area contributed by atoms with Crippen LogP contribution in [0.4, 0.5) is 0 Å². The van der Waals surface area contributed by atoms with Gasteiger partial charge >= 0.3 is 0 Å². The molecule has 84 valence electrons. The van der Waals surface area contributed by atoms with Crippen molar-refractivity contribution in [3.05, 3.63) is 52.8 Å². The van der Waals surface area contributed by atoms with Crippen molar-refractivity contribution >= 4 is 0 Å². The van der Waals surface area contributed by atoms with Gasteiger partial charge in [0, 0.05) is 18.3 Å². The first kappa shape index (κ1) is 10.9. The first-order valence-corrected chi connectivity index (χ1v) is 5.46. The van der Waals surface area contributed by atoms with E-state index in [0.717, 1.165) is 12.1 Å². The summed E-state index contributed by atoms with van der Waals surface area (Å²) in [5.41, 5.74) is 10.5. The molecule has 2 rings (SSSR count). The quantitative estimate of drug-likeness (QED) is 0.851. The average molecular weight is 215 g/mol. The standard InChI is InChI=1S/C13H17N3/c1-10-3-4-12(5-11(10)2)8-16-9-13(6-14)7-15-16/h3-5,7,9H,6,8,14H2,1-2H3. The van der Waals surface area contributed by atoms with Gasteiger partial charge < -0.3 is 5.73 Å². The maximum atomic E-state index is 5.55. The van der Waals surface area contributed by atoms with E-state index in [1.54, 1.807) is 0 Å². The summed E-state index contributed by atoms with van der Waals surface area (Å²) in [4.78, 5) is 0. The first-order valence-electron chi connectivity index (χ1n) is 5.46. The zero-order valence-electron chi connectivity index (χ0n) is 9.77. The van der Waals surface area contributed by atoms with Gasteiger partial charge in [-0.1, -0.05) is 18.2 Å². The van der Waals surface area contributed by atoms with Crippen LogP contribution in [0, 0.1) is 13.8 Å². The number of nitrogens with two attached hydrogens (primary N) is 1. The van der Waals surface area contributed by atoms with Gasteiger partial charge in [-0.25, -0.2) is 0 Å². The Morgan fingerprint density at radius 2 is 2.00 bits per heavy atom. The maximum Gasteiger partial charge on any atom is 0.0659 e. The van der Waals surface area contributed by atoms with E-state index in [1.165, 1.54) is 16.7 Å². The molecule has 2 N–H and O–H groups in total. The van der Waals surface area contributed by atoms with E-state index in [-0.39, 0.29) is 0 Å². The Hall–Kier alpha value is -1.61. The van der Waals surface area contributed by atoms with Gasteiger partial charge in [0.1, 0.15) is 0 Å². The Kier molecular flexibility index (Phi) is 3.06. The Bertz CT molecular complexity index is 486. The molecule has 3 nitrogen and oxygen atoms in total. The molecule has 0 saturated carbocycles. The van der Waals surface area contributed by atoms with E-state index >= 15 is 0 Å². The minimum absolute atomic E-state index is 0.549. The van der Waals surface area contributed by atoms with Crippen LogP contribution >= 0.6 is 0 Å². The predicted molar refractivity (Wildman–Crippen MR) is 65.1 cm³/mol. The molecule has 1 aromatic heterocycles. The van der Waals surface area contributed by atoms with Crippen molar-refractivity contribution in [1.82, 2.24) is 9.78 Å². The molecule has 0 saturated heterocycles. The zero-order valence-corrected chi connectivity index (χ0v) is 9.77. The van der Waals surface area contributed by atoms with Crippen LogP contribution < -0.4 is 5.73 Å². The summed E-state index contributed by atoms with van der Waals surface area (Å²) in [6.07, 6.45) is 3.82. The van der Waals surface area contributed by atoms with Gasteiger partial charge in [0.05, 0.1) is 12.7 Å². The lowest BCUT2D eigenvalue weighted by molar-refractivity contribution is 0.685. The number of nitrogens with zero attached hydrogens (tertiary/aromatic N) is 2. The summed E-state index contributed by atoms with van der Waals surface area (Å²) in [5, 5.41) is 4.27. The van der Waals surface area contributed by atoms with Gasteiger partial charge in [0.25, 0.3) is 0 Å². The van der Waals surface area contributed by atoms with Gasteiger partial charge in [-0.05, 0) is 30.5 Å². The van der Waals surface area contributed by atoms with Gasteiger partial charge in [-0.15, -0.1) is 0 Å². The lowest BCUT2D eigenvalue weighted by atomic mass is 10.1. The largest absolute Gasteiger partial charge is 0.326 e. The average Bonchev–Trinajstić information content (AvgIpc) is 2.71. The van der Waals surface area contributed by atoms with Crippen LogP contribution in [-0.2, 0) is 13.1 Å². The van der Waals surface area contributed by atoms with Crippen LogP contribution in [0.2, 0.25) is 0 Å². The highest BCUT2D eigenvalue weighted by Crippen LogP contribution is 2.11. The summed E-state index contributed by atoms with van der Waals surface area (Å²) >= 11 is 0. The number of aryl methyl sites for hydroxylation is 2. The highest BCUT2D eigenvalue weighted by Gasteiger charge is 2.00. The fourth-order valence-electron chi connectivity index (χ4n) is 1.69. The maximum absolute atomic E-state index is 5.55. The van der Waals surface area contributed by atoms with Gasteiger partial charge in [-0.3, -0.25) is 4.68 Å². The summed E-state index contributed by atoms with van der Waals surface area (Å²) in [6.45, 7) is 5.61. The summed E-state index contributed by atoms with van der Waals surface area (Å²) < 4.78 is 1.92. The second-order valence-corrected chi connectivity index (χ2v) is 4.17. The molecule has 1 aromatic carbocycles. The Labute approximate surface area is 95.9 Å². The minimum atomic E-state index is 0.549. The van der Waals surface area contributed by atoms with E-state index in [0.29, 0.717) is 6.54 Å². The van der Waals surface area contributed by atoms with Crippen molar-refractivity contribution in [3.8, 4) is 0 Å². The van der Waals surface area contributed by atoms with Crippen LogP contribution in [0.3, 0.4) is 0 Å². The second kappa shape index (κ2) is 4.49. The fraction of sp³-hybridized carbons (Fsp3) is 0.308. The van der Waals surface area contributed by atoms with Gasteiger partial charge in [-0.2, -0.15) is 5.10 Å². The third-order valence-corrected chi connectivity index (χ3v) is 2.84. The molecule has 0 aliphatic heterocycles. The summed E-state index contributed by atoms with van der Waals surface area (Å²) in [5.74, 6) is 0. The minimum Gasteiger partial charge on any atom is -0.326 e.